The summed E-state index contributed by atoms with van der Waals surface area (Å²) in [4.78, 5) is 3.91. The number of benzene rings is 1. The van der Waals surface area contributed by atoms with E-state index in [4.69, 9.17) is 11.6 Å². The molecular weight excluding hydrogens is 290 g/mol. The quantitative estimate of drug-likeness (QED) is 0.914. The number of aromatic nitrogens is 3. The second-order valence-electron chi connectivity index (χ2n) is 5.89. The molecular formula is C15H18ClN3O2. The summed E-state index contributed by atoms with van der Waals surface area (Å²) < 4.78 is 1.52. The fraction of sp³-hybridized carbons (Fsp3) is 0.333. The molecule has 0 aliphatic heterocycles. The molecule has 112 valence electrons. The van der Waals surface area contributed by atoms with E-state index in [1.807, 2.05) is 20.8 Å². The van der Waals surface area contributed by atoms with Crippen LogP contribution in [0.4, 0.5) is 0 Å². The van der Waals surface area contributed by atoms with Crippen molar-refractivity contribution in [2.24, 2.45) is 5.41 Å². The van der Waals surface area contributed by atoms with Gasteiger partial charge in [-0.1, -0.05) is 38.4 Å². The zero-order valence-corrected chi connectivity index (χ0v) is 12.9. The molecule has 2 aromatic rings. The van der Waals surface area contributed by atoms with E-state index in [0.29, 0.717) is 5.70 Å². The standard InChI is InChI=1S/C15H18ClN3O2/c1-15(2,3)14(21)12(19-9-17-8-18-19)7-10-4-5-13(20)11(16)6-10/h4-9,14,20-21H,1-3H3/b12-7+. The maximum Gasteiger partial charge on any atom is 0.138 e. The molecule has 5 nitrogen and oxygen atoms in total. The van der Waals surface area contributed by atoms with Crippen molar-refractivity contribution in [2.75, 3.05) is 0 Å². The van der Waals surface area contributed by atoms with E-state index in [1.165, 1.54) is 23.4 Å². The highest BCUT2D eigenvalue weighted by Gasteiger charge is 2.27. The van der Waals surface area contributed by atoms with E-state index in [2.05, 4.69) is 10.1 Å². The molecule has 0 spiro atoms. The highest BCUT2D eigenvalue weighted by molar-refractivity contribution is 6.32. The van der Waals surface area contributed by atoms with Crippen LogP contribution in [-0.4, -0.2) is 31.1 Å². The van der Waals surface area contributed by atoms with Crippen LogP contribution in [0.25, 0.3) is 11.8 Å². The van der Waals surface area contributed by atoms with Crippen LogP contribution in [0.5, 0.6) is 5.75 Å². The molecule has 2 N–H and O–H groups in total. The summed E-state index contributed by atoms with van der Waals surface area (Å²) >= 11 is 5.92. The van der Waals surface area contributed by atoms with Crippen molar-refractivity contribution >= 4 is 23.4 Å². The number of aromatic hydroxyl groups is 1. The minimum atomic E-state index is -0.744. The van der Waals surface area contributed by atoms with Crippen LogP contribution in [0.3, 0.4) is 0 Å². The van der Waals surface area contributed by atoms with Gasteiger partial charge in [0.1, 0.15) is 24.5 Å². The van der Waals surface area contributed by atoms with Crippen LogP contribution in [0.15, 0.2) is 30.9 Å². The largest absolute Gasteiger partial charge is 0.506 e. The Balaban J connectivity index is 2.49. The van der Waals surface area contributed by atoms with Gasteiger partial charge in [-0.05, 0) is 29.2 Å². The summed E-state index contributed by atoms with van der Waals surface area (Å²) in [5, 5.41) is 24.4. The van der Waals surface area contributed by atoms with Crippen molar-refractivity contribution in [3.8, 4) is 5.75 Å². The first kappa shape index (κ1) is 15.5. The van der Waals surface area contributed by atoms with Gasteiger partial charge in [0, 0.05) is 0 Å². The minimum Gasteiger partial charge on any atom is -0.506 e. The Morgan fingerprint density at radius 1 is 1.38 bits per heavy atom. The SMILES string of the molecule is CC(C)(C)C(O)/C(=C\c1ccc(O)c(Cl)c1)n1cncn1. The predicted octanol–water partition coefficient (Wildman–Crippen LogP) is 3.04. The third-order valence-corrected chi connectivity index (χ3v) is 3.37. The molecule has 1 atom stereocenters. The highest BCUT2D eigenvalue weighted by atomic mass is 35.5. The van der Waals surface area contributed by atoms with Crippen molar-refractivity contribution in [1.29, 1.82) is 0 Å². The zero-order valence-electron chi connectivity index (χ0n) is 12.2. The van der Waals surface area contributed by atoms with E-state index in [-0.39, 0.29) is 16.2 Å². The third-order valence-electron chi connectivity index (χ3n) is 3.07. The molecule has 0 radical (unpaired) electrons. The molecule has 21 heavy (non-hydrogen) atoms. The summed E-state index contributed by atoms with van der Waals surface area (Å²) in [6.07, 6.45) is 3.97. The normalized spacial score (nSPS) is 14.2. The second-order valence-corrected chi connectivity index (χ2v) is 6.30. The molecule has 2 rings (SSSR count). The Morgan fingerprint density at radius 3 is 2.62 bits per heavy atom. The number of halogens is 1. The smallest absolute Gasteiger partial charge is 0.138 e. The number of hydrogen-bond acceptors (Lipinski definition) is 4. The van der Waals surface area contributed by atoms with Gasteiger partial charge in [-0.25, -0.2) is 9.67 Å². The number of rotatable bonds is 3. The van der Waals surface area contributed by atoms with Gasteiger partial charge in [-0.15, -0.1) is 0 Å². The van der Waals surface area contributed by atoms with Crippen LogP contribution in [0.1, 0.15) is 26.3 Å². The van der Waals surface area contributed by atoms with Crippen molar-refractivity contribution in [3.63, 3.8) is 0 Å². The molecule has 0 fully saturated rings. The molecule has 0 aliphatic carbocycles. The second kappa shape index (κ2) is 5.87. The number of aliphatic hydroxyl groups excluding tert-OH is 1. The molecule has 0 saturated heterocycles. The van der Waals surface area contributed by atoms with Gasteiger partial charge in [-0.2, -0.15) is 5.10 Å². The Morgan fingerprint density at radius 2 is 2.10 bits per heavy atom. The van der Waals surface area contributed by atoms with Gasteiger partial charge < -0.3 is 10.2 Å². The Bertz CT molecular complexity index is 645. The van der Waals surface area contributed by atoms with Gasteiger partial charge in [0.2, 0.25) is 0 Å². The minimum absolute atomic E-state index is 0.0208. The number of phenols is 1. The third kappa shape index (κ3) is 3.62. The topological polar surface area (TPSA) is 71.2 Å². The van der Waals surface area contributed by atoms with E-state index >= 15 is 0 Å². The van der Waals surface area contributed by atoms with Crippen molar-refractivity contribution in [3.05, 3.63) is 41.4 Å². The van der Waals surface area contributed by atoms with Gasteiger partial charge in [0.25, 0.3) is 0 Å². The van der Waals surface area contributed by atoms with E-state index < -0.39 is 6.10 Å². The molecule has 1 aromatic carbocycles. The lowest BCUT2D eigenvalue weighted by atomic mass is 9.86. The lowest BCUT2D eigenvalue weighted by molar-refractivity contribution is 0.109. The van der Waals surface area contributed by atoms with E-state index in [9.17, 15) is 10.2 Å². The summed E-state index contributed by atoms with van der Waals surface area (Å²) in [7, 11) is 0. The van der Waals surface area contributed by atoms with Crippen molar-refractivity contribution in [1.82, 2.24) is 14.8 Å². The summed E-state index contributed by atoms with van der Waals surface area (Å²) in [6.45, 7) is 5.81. The first-order valence-electron chi connectivity index (χ1n) is 6.52. The maximum absolute atomic E-state index is 10.6. The predicted molar refractivity (Wildman–Crippen MR) is 82.8 cm³/mol. The van der Waals surface area contributed by atoms with Crippen LogP contribution in [0, 0.1) is 5.41 Å². The maximum atomic E-state index is 10.6. The summed E-state index contributed by atoms with van der Waals surface area (Å²) in [5.74, 6) is 0.0208. The summed E-state index contributed by atoms with van der Waals surface area (Å²) in [5.41, 5.74) is 0.978. The molecule has 1 unspecified atom stereocenters. The van der Waals surface area contributed by atoms with Crippen molar-refractivity contribution < 1.29 is 10.2 Å². The number of nitrogens with zero attached hydrogens (tertiary/aromatic N) is 3. The molecule has 0 aliphatic rings. The van der Waals surface area contributed by atoms with Crippen molar-refractivity contribution in [2.45, 2.75) is 26.9 Å². The molecule has 6 heteroatoms. The van der Waals surface area contributed by atoms with Gasteiger partial charge in [0.05, 0.1) is 10.7 Å². The van der Waals surface area contributed by atoms with E-state index in [1.54, 1.807) is 18.2 Å². The fourth-order valence-electron chi connectivity index (χ4n) is 1.84. The Labute approximate surface area is 128 Å². The number of aliphatic hydroxyl groups is 1. The Hall–Kier alpha value is -1.85. The molecule has 0 saturated carbocycles. The van der Waals surface area contributed by atoms with Crippen LogP contribution >= 0.6 is 11.6 Å². The monoisotopic (exact) mass is 307 g/mol. The molecule has 0 amide bonds. The highest BCUT2D eigenvalue weighted by Crippen LogP contribution is 2.30. The average molecular weight is 308 g/mol. The van der Waals surface area contributed by atoms with E-state index in [0.717, 1.165) is 5.56 Å². The number of phenolic OH excluding ortho intramolecular Hbond substituents is 1. The molecule has 1 heterocycles. The first-order chi connectivity index (χ1) is 9.79. The first-order valence-corrected chi connectivity index (χ1v) is 6.90. The van der Waals surface area contributed by atoms with Crippen LogP contribution < -0.4 is 0 Å². The van der Waals surface area contributed by atoms with Gasteiger partial charge in [-0.3, -0.25) is 0 Å². The van der Waals surface area contributed by atoms with Crippen LogP contribution in [-0.2, 0) is 0 Å². The molecule has 1 aromatic heterocycles. The fourth-order valence-corrected chi connectivity index (χ4v) is 2.03. The summed E-state index contributed by atoms with van der Waals surface area (Å²) in [6, 6.07) is 4.85. The lowest BCUT2D eigenvalue weighted by Gasteiger charge is -2.28. The zero-order chi connectivity index (χ0) is 15.6. The van der Waals surface area contributed by atoms with Gasteiger partial charge >= 0.3 is 0 Å². The lowest BCUT2D eigenvalue weighted by Crippen LogP contribution is -2.29. The van der Waals surface area contributed by atoms with Crippen LogP contribution in [0.2, 0.25) is 5.02 Å². The average Bonchev–Trinajstić information content (AvgIpc) is 2.92. The number of hydrogen-bond donors (Lipinski definition) is 2. The Kier molecular flexibility index (Phi) is 4.34. The van der Waals surface area contributed by atoms with Gasteiger partial charge in [0.15, 0.2) is 0 Å². The molecule has 0 bridgehead atoms.